The number of aliphatic hydroxyl groups is 1. The number of rotatable bonds is 26. The van der Waals surface area contributed by atoms with E-state index in [1.807, 2.05) is 20.8 Å². The number of Topliss-reactive ketones (excluding diaryl/α,β-unsaturated/α-hetero) is 3. The predicted octanol–water partition coefficient (Wildman–Crippen LogP) is 5.36. The van der Waals surface area contributed by atoms with Crippen LogP contribution in [0.25, 0.3) is 0 Å². The first-order valence-corrected chi connectivity index (χ1v) is 14.9. The Morgan fingerprint density at radius 1 is 0.525 bits per heavy atom. The second-order valence-electron chi connectivity index (χ2n) is 10.7. The van der Waals surface area contributed by atoms with Crippen molar-refractivity contribution in [3.05, 3.63) is 0 Å². The number of carboxylic acids is 3. The van der Waals surface area contributed by atoms with Crippen LogP contribution in [0.2, 0.25) is 0 Å². The number of unbranched alkanes of at least 4 members (excludes halogenated alkanes) is 12. The Morgan fingerprint density at radius 2 is 0.875 bits per heavy atom. The highest BCUT2D eigenvalue weighted by Gasteiger charge is 2.74. The van der Waals surface area contributed by atoms with Gasteiger partial charge < -0.3 is 20.4 Å². The number of carboxylic acid groups (broad SMARTS) is 3. The second kappa shape index (κ2) is 19.5. The van der Waals surface area contributed by atoms with Crippen LogP contribution in [0.5, 0.6) is 0 Å². The molecule has 0 heterocycles. The van der Waals surface area contributed by atoms with Crippen LogP contribution in [0.15, 0.2) is 0 Å². The van der Waals surface area contributed by atoms with E-state index in [9.17, 15) is 49.2 Å². The second-order valence-corrected chi connectivity index (χ2v) is 10.7. The van der Waals surface area contributed by atoms with Gasteiger partial charge in [-0.3, -0.25) is 24.0 Å². The summed E-state index contributed by atoms with van der Waals surface area (Å²) in [6.45, 7) is 5.92. The third-order valence-electron chi connectivity index (χ3n) is 7.58. The SMILES string of the molecule is CCCCCCCC(=O)C(C(=O)O)C(O)(C(=O)O)C(C(=O)O)(C(=O)CCCCCCC)C(=O)CCCCCCC. The molecule has 0 aromatic rings. The lowest BCUT2D eigenvalue weighted by Crippen LogP contribution is -2.71. The Labute approximate surface area is 237 Å². The standard InChI is InChI=1S/C30H50O10/c1-4-7-10-13-16-19-22(31)25(26(34)35)30(40,28(38)39)29(27(36)37,23(32)20-17-14-11-8-5-2)24(33)21-18-15-12-9-6-3/h25,40H,4-21H2,1-3H3,(H,34,35)(H,36,37)(H,38,39). The van der Waals surface area contributed by atoms with Crippen molar-refractivity contribution < 1.29 is 49.2 Å². The van der Waals surface area contributed by atoms with Crippen molar-refractivity contribution in [2.45, 2.75) is 142 Å². The van der Waals surface area contributed by atoms with Crippen molar-refractivity contribution in [3.8, 4) is 0 Å². The molecule has 0 rings (SSSR count). The molecule has 0 aliphatic carbocycles. The molecule has 40 heavy (non-hydrogen) atoms. The minimum atomic E-state index is -4.01. The van der Waals surface area contributed by atoms with E-state index in [-0.39, 0.29) is 19.3 Å². The van der Waals surface area contributed by atoms with Crippen molar-refractivity contribution in [3.63, 3.8) is 0 Å². The van der Waals surface area contributed by atoms with Crippen molar-refractivity contribution in [2.75, 3.05) is 0 Å². The van der Waals surface area contributed by atoms with Crippen LogP contribution >= 0.6 is 0 Å². The summed E-state index contributed by atoms with van der Waals surface area (Å²) >= 11 is 0. The van der Waals surface area contributed by atoms with E-state index < -0.39 is 71.5 Å². The molecule has 0 amide bonds. The van der Waals surface area contributed by atoms with Crippen LogP contribution in [0, 0.1) is 11.3 Å². The Bertz CT molecular complexity index is 823. The van der Waals surface area contributed by atoms with Gasteiger partial charge in [0.2, 0.25) is 11.0 Å². The maximum Gasteiger partial charge on any atom is 0.339 e. The summed E-state index contributed by atoms with van der Waals surface area (Å²) in [4.78, 5) is 78.2. The molecule has 230 valence electrons. The van der Waals surface area contributed by atoms with Gasteiger partial charge in [0.15, 0.2) is 23.3 Å². The highest BCUT2D eigenvalue weighted by molar-refractivity contribution is 6.27. The maximum atomic E-state index is 13.6. The van der Waals surface area contributed by atoms with Crippen LogP contribution in [0.3, 0.4) is 0 Å². The van der Waals surface area contributed by atoms with E-state index in [1.54, 1.807) is 0 Å². The highest BCUT2D eigenvalue weighted by Crippen LogP contribution is 2.44. The molecule has 0 saturated heterocycles. The Kier molecular flexibility index (Phi) is 18.2. The first-order chi connectivity index (χ1) is 18.9. The minimum absolute atomic E-state index is 0.121. The smallest absolute Gasteiger partial charge is 0.339 e. The molecular formula is C30H50O10. The quantitative estimate of drug-likeness (QED) is 0.0779. The van der Waals surface area contributed by atoms with Gasteiger partial charge in [-0.15, -0.1) is 0 Å². The number of carbonyl (C=O) groups is 6. The Balaban J connectivity index is 6.69. The molecule has 0 bridgehead atoms. The molecule has 0 aromatic carbocycles. The summed E-state index contributed by atoms with van der Waals surface area (Å²) in [7, 11) is 0. The van der Waals surface area contributed by atoms with Gasteiger partial charge in [-0.25, -0.2) is 4.79 Å². The Morgan fingerprint density at radius 3 is 1.18 bits per heavy atom. The average molecular weight is 571 g/mol. The monoisotopic (exact) mass is 570 g/mol. The molecule has 2 atom stereocenters. The molecule has 0 aliphatic rings. The lowest BCUT2D eigenvalue weighted by Gasteiger charge is -2.41. The molecule has 0 aliphatic heterocycles. The number of aliphatic carboxylic acids is 3. The fraction of sp³-hybridized carbons (Fsp3) is 0.800. The topological polar surface area (TPSA) is 183 Å². The van der Waals surface area contributed by atoms with Gasteiger partial charge in [-0.05, 0) is 19.3 Å². The summed E-state index contributed by atoms with van der Waals surface area (Å²) in [5, 5.41) is 42.1. The number of ketones is 3. The lowest BCUT2D eigenvalue weighted by molar-refractivity contribution is -0.204. The van der Waals surface area contributed by atoms with Crippen LogP contribution in [0.4, 0.5) is 0 Å². The van der Waals surface area contributed by atoms with Crippen LogP contribution < -0.4 is 0 Å². The van der Waals surface area contributed by atoms with E-state index in [2.05, 4.69) is 0 Å². The van der Waals surface area contributed by atoms with Gasteiger partial charge in [0, 0.05) is 19.3 Å². The molecule has 4 N–H and O–H groups in total. The minimum Gasteiger partial charge on any atom is -0.481 e. The van der Waals surface area contributed by atoms with Crippen LogP contribution in [-0.2, 0) is 28.8 Å². The molecule has 2 unspecified atom stereocenters. The number of hydrogen-bond acceptors (Lipinski definition) is 7. The van der Waals surface area contributed by atoms with Gasteiger partial charge in [0.05, 0.1) is 0 Å². The molecule has 0 saturated carbocycles. The first-order valence-electron chi connectivity index (χ1n) is 14.9. The zero-order valence-corrected chi connectivity index (χ0v) is 24.5. The van der Waals surface area contributed by atoms with E-state index in [4.69, 9.17) is 0 Å². The normalized spacial score (nSPS) is 13.8. The molecular weight excluding hydrogens is 520 g/mol. The van der Waals surface area contributed by atoms with Gasteiger partial charge in [-0.2, -0.15) is 0 Å². The predicted molar refractivity (Wildman–Crippen MR) is 149 cm³/mol. The van der Waals surface area contributed by atoms with Crippen LogP contribution in [0.1, 0.15) is 136 Å². The molecule has 0 radical (unpaired) electrons. The zero-order valence-electron chi connectivity index (χ0n) is 24.5. The van der Waals surface area contributed by atoms with E-state index >= 15 is 0 Å². The molecule has 0 aromatic heterocycles. The summed E-state index contributed by atoms with van der Waals surface area (Å²) in [5.41, 5.74) is -7.65. The van der Waals surface area contributed by atoms with Crippen molar-refractivity contribution in [2.24, 2.45) is 11.3 Å². The number of carbonyl (C=O) groups excluding carboxylic acids is 3. The lowest BCUT2D eigenvalue weighted by atomic mass is 9.58. The largest absolute Gasteiger partial charge is 0.481 e. The van der Waals surface area contributed by atoms with Gasteiger partial charge in [0.1, 0.15) is 0 Å². The summed E-state index contributed by atoms with van der Waals surface area (Å²) in [6, 6.07) is 0. The molecule has 10 heteroatoms. The van der Waals surface area contributed by atoms with E-state index in [0.717, 1.165) is 44.9 Å². The molecule has 0 fully saturated rings. The number of hydrogen-bond donors (Lipinski definition) is 4. The van der Waals surface area contributed by atoms with Crippen molar-refractivity contribution >= 4 is 35.3 Å². The van der Waals surface area contributed by atoms with E-state index in [0.29, 0.717) is 32.1 Å². The zero-order chi connectivity index (χ0) is 30.8. The van der Waals surface area contributed by atoms with Crippen molar-refractivity contribution in [1.29, 1.82) is 0 Å². The fourth-order valence-electron chi connectivity index (χ4n) is 5.23. The highest BCUT2D eigenvalue weighted by atomic mass is 16.4. The van der Waals surface area contributed by atoms with Crippen LogP contribution in [-0.4, -0.2) is 61.3 Å². The Hall–Kier alpha value is -2.62. The van der Waals surface area contributed by atoms with Gasteiger partial charge in [0.25, 0.3) is 0 Å². The average Bonchev–Trinajstić information content (AvgIpc) is 2.88. The molecule has 10 nitrogen and oxygen atoms in total. The fourth-order valence-corrected chi connectivity index (χ4v) is 5.23. The van der Waals surface area contributed by atoms with E-state index in [1.165, 1.54) is 0 Å². The third kappa shape index (κ3) is 9.78. The summed E-state index contributed by atoms with van der Waals surface area (Å²) < 4.78 is 0. The van der Waals surface area contributed by atoms with Gasteiger partial charge >= 0.3 is 17.9 Å². The molecule has 0 spiro atoms. The maximum absolute atomic E-state index is 13.6. The first kappa shape index (κ1) is 37.4. The van der Waals surface area contributed by atoms with Gasteiger partial charge in [-0.1, -0.05) is 97.8 Å². The summed E-state index contributed by atoms with van der Waals surface area (Å²) in [5.74, 6) is -13.6. The van der Waals surface area contributed by atoms with Crippen molar-refractivity contribution in [1.82, 2.24) is 0 Å². The third-order valence-corrected chi connectivity index (χ3v) is 7.58. The summed E-state index contributed by atoms with van der Waals surface area (Å²) in [6.07, 6.45) is 7.85.